The summed E-state index contributed by atoms with van der Waals surface area (Å²) in [7, 11) is 0. The van der Waals surface area contributed by atoms with Crippen LogP contribution in [-0.2, 0) is 18.9 Å². The molecule has 4 atom stereocenters. The largest absolute Gasteiger partial charge is 0.459 e. The van der Waals surface area contributed by atoms with E-state index in [1.807, 2.05) is 0 Å². The van der Waals surface area contributed by atoms with Crippen LogP contribution in [0.25, 0.3) is 0 Å². The van der Waals surface area contributed by atoms with E-state index in [0.717, 1.165) is 22.9 Å². The Labute approximate surface area is 250 Å². The monoisotopic (exact) mass is 598 g/mol. The number of pyridine rings is 1. The number of ether oxygens (including phenoxy) is 4. The molecule has 0 N–H and O–H groups in total. The van der Waals surface area contributed by atoms with E-state index in [2.05, 4.69) is 0 Å². The van der Waals surface area contributed by atoms with Crippen LogP contribution in [-0.4, -0.2) is 51.8 Å². The number of nitro groups is 1. The molecule has 1 aliphatic rings. The van der Waals surface area contributed by atoms with Gasteiger partial charge in [0.05, 0.1) is 27.8 Å². The van der Waals surface area contributed by atoms with Crippen LogP contribution >= 0.6 is 0 Å². The molecule has 1 fully saturated rings. The Morgan fingerprint density at radius 3 is 1.89 bits per heavy atom. The Balaban J connectivity index is 1.57. The van der Waals surface area contributed by atoms with Crippen LogP contribution in [0.3, 0.4) is 0 Å². The second-order valence-electron chi connectivity index (χ2n) is 10.0. The van der Waals surface area contributed by atoms with Crippen molar-refractivity contribution in [3.05, 3.63) is 146 Å². The molecule has 0 saturated carbocycles. The minimum Gasteiger partial charge on any atom is -0.459 e. The van der Waals surface area contributed by atoms with E-state index in [0.29, 0.717) is 0 Å². The van der Waals surface area contributed by atoms with Crippen molar-refractivity contribution in [3.63, 3.8) is 0 Å². The molecule has 1 aromatic heterocycles. The van der Waals surface area contributed by atoms with Gasteiger partial charge in [0, 0.05) is 12.1 Å². The van der Waals surface area contributed by atoms with Crippen LogP contribution in [0.4, 0.5) is 5.69 Å². The summed E-state index contributed by atoms with van der Waals surface area (Å²) in [6, 6.07) is 26.0. The number of carbonyl (C=O) groups is 3. The molecule has 0 spiro atoms. The highest BCUT2D eigenvalue weighted by molar-refractivity contribution is 5.91. The first-order valence-electron chi connectivity index (χ1n) is 13.5. The van der Waals surface area contributed by atoms with Crippen LogP contribution in [0.2, 0.25) is 0 Å². The number of aromatic nitrogens is 1. The van der Waals surface area contributed by atoms with Gasteiger partial charge in [-0.15, -0.1) is 0 Å². The molecule has 5 rings (SSSR count). The first kappa shape index (κ1) is 29.9. The Hall–Kier alpha value is -5.62. The summed E-state index contributed by atoms with van der Waals surface area (Å²) in [6.45, 7) is 0.894. The quantitative estimate of drug-likeness (QED) is 0.118. The standard InChI is InChI=1S/C32H26N2O10/c1-32(44-30(38)23-15-9-4-10-16-23)27(43-29(37)22-13-7-3-8-14-22)25(20-41-28(36)21-11-5-2-6-12-21)42-31(32)33-19-24(34(39)40)17-18-26(33)35/h2-19,25,27,31H,20H2,1H3/t25-,27?,31-,32+/m1/s1. The molecule has 1 saturated heterocycles. The van der Waals surface area contributed by atoms with Gasteiger partial charge in [0.25, 0.3) is 11.2 Å². The van der Waals surface area contributed by atoms with Crippen molar-refractivity contribution in [2.75, 3.05) is 6.61 Å². The highest BCUT2D eigenvalue weighted by Gasteiger charge is 2.60. The maximum atomic E-state index is 13.4. The normalized spacial score (nSPS) is 20.8. The number of hydrogen-bond acceptors (Lipinski definition) is 10. The van der Waals surface area contributed by atoms with Crippen LogP contribution in [0.1, 0.15) is 44.2 Å². The van der Waals surface area contributed by atoms with Crippen molar-refractivity contribution in [1.29, 1.82) is 0 Å². The highest BCUT2D eigenvalue weighted by Crippen LogP contribution is 2.43. The third kappa shape index (κ3) is 6.25. The van der Waals surface area contributed by atoms with E-state index < -0.39 is 64.7 Å². The predicted octanol–water partition coefficient (Wildman–Crippen LogP) is 4.35. The van der Waals surface area contributed by atoms with Gasteiger partial charge < -0.3 is 18.9 Å². The number of nitrogens with zero attached hydrogens (tertiary/aromatic N) is 2. The number of benzene rings is 3. The number of carbonyl (C=O) groups excluding carboxylic acids is 3. The summed E-state index contributed by atoms with van der Waals surface area (Å²) in [5, 5.41) is 11.6. The molecule has 1 unspecified atom stereocenters. The lowest BCUT2D eigenvalue weighted by molar-refractivity contribution is -0.385. The average molecular weight is 599 g/mol. The van der Waals surface area contributed by atoms with Gasteiger partial charge in [-0.3, -0.25) is 19.5 Å². The molecule has 0 aliphatic carbocycles. The molecule has 0 bridgehead atoms. The molecule has 12 heteroatoms. The van der Waals surface area contributed by atoms with Crippen molar-refractivity contribution < 1.29 is 38.3 Å². The average Bonchev–Trinajstić information content (AvgIpc) is 3.31. The molecule has 44 heavy (non-hydrogen) atoms. The van der Waals surface area contributed by atoms with Crippen LogP contribution in [0.5, 0.6) is 0 Å². The van der Waals surface area contributed by atoms with E-state index in [1.165, 1.54) is 31.2 Å². The molecular formula is C32H26N2O10. The summed E-state index contributed by atoms with van der Waals surface area (Å²) in [5.41, 5.74) is -2.57. The zero-order valence-corrected chi connectivity index (χ0v) is 23.3. The molecular weight excluding hydrogens is 572 g/mol. The molecule has 12 nitrogen and oxygen atoms in total. The van der Waals surface area contributed by atoms with Gasteiger partial charge in [-0.2, -0.15) is 0 Å². The number of hydrogen-bond donors (Lipinski definition) is 0. The summed E-state index contributed by atoms with van der Waals surface area (Å²) in [5.74, 6) is -2.36. The van der Waals surface area contributed by atoms with Gasteiger partial charge in [-0.05, 0) is 43.3 Å². The van der Waals surface area contributed by atoms with E-state index >= 15 is 0 Å². The van der Waals surface area contributed by atoms with Crippen LogP contribution in [0.15, 0.2) is 114 Å². The summed E-state index contributed by atoms with van der Waals surface area (Å²) in [4.78, 5) is 63.5. The fourth-order valence-electron chi connectivity index (χ4n) is 4.84. The molecule has 4 aromatic rings. The predicted molar refractivity (Wildman–Crippen MR) is 154 cm³/mol. The second-order valence-corrected chi connectivity index (χ2v) is 10.0. The Bertz CT molecular complexity index is 1730. The van der Waals surface area contributed by atoms with Gasteiger partial charge in [0.2, 0.25) is 0 Å². The third-order valence-corrected chi connectivity index (χ3v) is 7.04. The Kier molecular flexibility index (Phi) is 8.63. The van der Waals surface area contributed by atoms with Crippen molar-refractivity contribution >= 4 is 23.6 Å². The molecule has 2 heterocycles. The lowest BCUT2D eigenvalue weighted by atomic mass is 9.95. The summed E-state index contributed by atoms with van der Waals surface area (Å²) >= 11 is 0. The van der Waals surface area contributed by atoms with Gasteiger partial charge >= 0.3 is 17.9 Å². The number of rotatable bonds is 9. The Morgan fingerprint density at radius 1 is 0.818 bits per heavy atom. The lowest BCUT2D eigenvalue weighted by Crippen LogP contribution is -2.51. The van der Waals surface area contributed by atoms with Gasteiger partial charge in [-0.25, -0.2) is 14.4 Å². The van der Waals surface area contributed by atoms with Crippen molar-refractivity contribution in [1.82, 2.24) is 4.57 Å². The maximum absolute atomic E-state index is 13.4. The van der Waals surface area contributed by atoms with E-state index in [1.54, 1.807) is 66.7 Å². The molecule has 224 valence electrons. The zero-order valence-electron chi connectivity index (χ0n) is 23.3. The van der Waals surface area contributed by atoms with Gasteiger partial charge in [0.15, 0.2) is 17.9 Å². The molecule has 0 amide bonds. The van der Waals surface area contributed by atoms with E-state index in [9.17, 15) is 29.3 Å². The van der Waals surface area contributed by atoms with E-state index in [4.69, 9.17) is 18.9 Å². The lowest BCUT2D eigenvalue weighted by Gasteiger charge is -2.34. The fraction of sp³-hybridized carbons (Fsp3) is 0.188. The number of esters is 3. The van der Waals surface area contributed by atoms with Gasteiger partial charge in [-0.1, -0.05) is 54.6 Å². The maximum Gasteiger partial charge on any atom is 0.338 e. The first-order chi connectivity index (χ1) is 21.2. The topological polar surface area (TPSA) is 153 Å². The smallest absolute Gasteiger partial charge is 0.338 e. The van der Waals surface area contributed by atoms with Crippen molar-refractivity contribution in [2.24, 2.45) is 0 Å². The zero-order chi connectivity index (χ0) is 31.3. The van der Waals surface area contributed by atoms with Crippen molar-refractivity contribution in [2.45, 2.75) is 31.0 Å². The van der Waals surface area contributed by atoms with Crippen LogP contribution < -0.4 is 5.56 Å². The van der Waals surface area contributed by atoms with E-state index in [-0.39, 0.29) is 16.7 Å². The van der Waals surface area contributed by atoms with Crippen molar-refractivity contribution in [3.8, 4) is 0 Å². The minimum absolute atomic E-state index is 0.144. The first-order valence-corrected chi connectivity index (χ1v) is 13.5. The molecule has 0 radical (unpaired) electrons. The summed E-state index contributed by atoms with van der Waals surface area (Å²) < 4.78 is 24.4. The summed E-state index contributed by atoms with van der Waals surface area (Å²) in [6.07, 6.45) is -3.34. The highest BCUT2D eigenvalue weighted by atomic mass is 16.7. The van der Waals surface area contributed by atoms with Gasteiger partial charge in [0.1, 0.15) is 12.7 Å². The Morgan fingerprint density at radius 2 is 1.34 bits per heavy atom. The third-order valence-electron chi connectivity index (χ3n) is 7.04. The fourth-order valence-corrected chi connectivity index (χ4v) is 4.84. The second kappa shape index (κ2) is 12.7. The van der Waals surface area contributed by atoms with Crippen LogP contribution in [0, 0.1) is 10.1 Å². The molecule has 3 aromatic carbocycles. The SMILES string of the molecule is C[C@]1(OC(=O)c2ccccc2)C(OC(=O)c2ccccc2)[C@@H](COC(=O)c2ccccc2)O[C@H]1n1cc([N+](=O)[O-])ccc1=O. The minimum atomic E-state index is -1.96. The molecule has 1 aliphatic heterocycles.